The van der Waals surface area contributed by atoms with E-state index in [9.17, 15) is 9.90 Å². The molecule has 2 aromatic carbocycles. The van der Waals surface area contributed by atoms with Crippen molar-refractivity contribution in [2.24, 2.45) is 0 Å². The number of benzene rings is 2. The van der Waals surface area contributed by atoms with Gasteiger partial charge in [0, 0.05) is 30.4 Å². The number of carbonyl (C=O) groups excluding carboxylic acids is 1. The van der Waals surface area contributed by atoms with Crippen LogP contribution in [0.25, 0.3) is 0 Å². The first kappa shape index (κ1) is 15.4. The van der Waals surface area contributed by atoms with E-state index >= 15 is 0 Å². The average Bonchev–Trinajstić information content (AvgIpc) is 2.77. The molecular formula is C18H20N2O3. The summed E-state index contributed by atoms with van der Waals surface area (Å²) in [5.74, 6) is -0.229. The maximum Gasteiger partial charge on any atom is 0.274 e. The number of fused-ring (bicyclic) bond motifs is 1. The molecule has 5 nitrogen and oxygen atoms in total. The quantitative estimate of drug-likeness (QED) is 0.602. The van der Waals surface area contributed by atoms with Crippen LogP contribution in [0, 0.1) is 0 Å². The second kappa shape index (κ2) is 6.71. The van der Waals surface area contributed by atoms with Crippen LogP contribution in [-0.2, 0) is 13.0 Å². The van der Waals surface area contributed by atoms with Crippen LogP contribution in [0.2, 0.25) is 0 Å². The molecule has 0 bridgehead atoms. The minimum absolute atomic E-state index is 0.283. The number of nitrogens with zero attached hydrogens (tertiary/aromatic N) is 1. The largest absolute Gasteiger partial charge is 0.508 e. The molecule has 0 radical (unpaired) electrons. The van der Waals surface area contributed by atoms with Crippen molar-refractivity contribution in [1.82, 2.24) is 5.48 Å². The van der Waals surface area contributed by atoms with Crippen LogP contribution < -0.4 is 10.4 Å². The summed E-state index contributed by atoms with van der Waals surface area (Å²) in [7, 11) is 0. The fourth-order valence-corrected chi connectivity index (χ4v) is 3.01. The van der Waals surface area contributed by atoms with Gasteiger partial charge in [0.15, 0.2) is 0 Å². The lowest BCUT2D eigenvalue weighted by Crippen LogP contribution is -2.23. The highest BCUT2D eigenvalue weighted by molar-refractivity contribution is 5.93. The molecule has 0 aromatic heterocycles. The monoisotopic (exact) mass is 312 g/mol. The molecule has 2 aromatic rings. The van der Waals surface area contributed by atoms with Crippen molar-refractivity contribution >= 4 is 11.6 Å². The van der Waals surface area contributed by atoms with E-state index < -0.39 is 5.91 Å². The number of hydroxylamine groups is 1. The van der Waals surface area contributed by atoms with Gasteiger partial charge in [0.1, 0.15) is 5.75 Å². The summed E-state index contributed by atoms with van der Waals surface area (Å²) < 4.78 is 0. The Labute approximate surface area is 135 Å². The van der Waals surface area contributed by atoms with E-state index in [1.54, 1.807) is 23.7 Å². The molecule has 120 valence electrons. The standard InChI is InChI=1S/C18H20N2O3/c21-16-9-8-14-3-1-2-10-20(17(14)11-16)12-13-4-6-15(7-5-13)18(22)19-23/h4-9,11,21,23H,1-3,10,12H2,(H,19,22). The first-order valence-corrected chi connectivity index (χ1v) is 7.77. The van der Waals surface area contributed by atoms with Gasteiger partial charge in [0.2, 0.25) is 0 Å². The molecular weight excluding hydrogens is 292 g/mol. The maximum absolute atomic E-state index is 11.4. The van der Waals surface area contributed by atoms with Crippen LogP contribution in [0.3, 0.4) is 0 Å². The Balaban J connectivity index is 1.82. The Morgan fingerprint density at radius 3 is 2.65 bits per heavy atom. The Morgan fingerprint density at radius 2 is 1.91 bits per heavy atom. The van der Waals surface area contributed by atoms with Crippen molar-refractivity contribution < 1.29 is 15.1 Å². The normalized spacial score (nSPS) is 14.0. The number of hydrogen-bond acceptors (Lipinski definition) is 4. The van der Waals surface area contributed by atoms with Gasteiger partial charge in [0.05, 0.1) is 0 Å². The van der Waals surface area contributed by atoms with Gasteiger partial charge in [-0.2, -0.15) is 0 Å². The molecule has 3 rings (SSSR count). The smallest absolute Gasteiger partial charge is 0.274 e. The Kier molecular flexibility index (Phi) is 4.48. The van der Waals surface area contributed by atoms with Gasteiger partial charge >= 0.3 is 0 Å². The predicted molar refractivity (Wildman–Crippen MR) is 87.8 cm³/mol. The zero-order chi connectivity index (χ0) is 16.2. The summed E-state index contributed by atoms with van der Waals surface area (Å²) in [6.07, 6.45) is 3.28. The summed E-state index contributed by atoms with van der Waals surface area (Å²) in [6, 6.07) is 12.7. The van der Waals surface area contributed by atoms with E-state index in [0.29, 0.717) is 5.56 Å². The van der Waals surface area contributed by atoms with Gasteiger partial charge in [0.25, 0.3) is 5.91 Å². The highest BCUT2D eigenvalue weighted by Gasteiger charge is 2.16. The lowest BCUT2D eigenvalue weighted by molar-refractivity contribution is 0.0706. The van der Waals surface area contributed by atoms with E-state index in [4.69, 9.17) is 5.21 Å². The Hall–Kier alpha value is -2.53. The molecule has 1 amide bonds. The molecule has 1 aliphatic rings. The van der Waals surface area contributed by atoms with Crippen molar-refractivity contribution in [1.29, 1.82) is 0 Å². The fraction of sp³-hybridized carbons (Fsp3) is 0.278. The van der Waals surface area contributed by atoms with Crippen molar-refractivity contribution in [2.45, 2.75) is 25.8 Å². The molecule has 23 heavy (non-hydrogen) atoms. The van der Waals surface area contributed by atoms with Crippen LogP contribution in [0.5, 0.6) is 5.75 Å². The number of aryl methyl sites for hydroxylation is 1. The number of carbonyl (C=O) groups is 1. The van der Waals surface area contributed by atoms with Crippen LogP contribution in [0.4, 0.5) is 5.69 Å². The number of hydrogen-bond donors (Lipinski definition) is 3. The number of phenolic OH excluding ortho intramolecular Hbond substituents is 1. The topological polar surface area (TPSA) is 72.8 Å². The van der Waals surface area contributed by atoms with Crippen LogP contribution in [-0.4, -0.2) is 22.8 Å². The highest BCUT2D eigenvalue weighted by atomic mass is 16.5. The van der Waals surface area contributed by atoms with Gasteiger partial charge in [-0.05, 0) is 48.6 Å². The van der Waals surface area contributed by atoms with E-state index in [0.717, 1.165) is 43.6 Å². The van der Waals surface area contributed by atoms with Crippen molar-refractivity contribution in [3.05, 3.63) is 59.2 Å². The Bertz CT molecular complexity index is 698. The van der Waals surface area contributed by atoms with Gasteiger partial charge in [-0.1, -0.05) is 18.2 Å². The number of amides is 1. The molecule has 0 saturated carbocycles. The highest BCUT2D eigenvalue weighted by Crippen LogP contribution is 2.30. The first-order valence-electron chi connectivity index (χ1n) is 7.77. The number of rotatable bonds is 3. The average molecular weight is 312 g/mol. The third-order valence-electron chi connectivity index (χ3n) is 4.22. The van der Waals surface area contributed by atoms with Crippen LogP contribution in [0.1, 0.15) is 34.3 Å². The molecule has 0 spiro atoms. The molecule has 3 N–H and O–H groups in total. The summed E-state index contributed by atoms with van der Waals surface area (Å²) in [6.45, 7) is 1.66. The predicted octanol–water partition coefficient (Wildman–Crippen LogP) is 2.85. The summed E-state index contributed by atoms with van der Waals surface area (Å²) >= 11 is 0. The second-order valence-electron chi connectivity index (χ2n) is 5.83. The van der Waals surface area contributed by atoms with Gasteiger partial charge < -0.3 is 10.0 Å². The minimum Gasteiger partial charge on any atom is -0.508 e. The Morgan fingerprint density at radius 1 is 1.13 bits per heavy atom. The minimum atomic E-state index is -0.512. The zero-order valence-corrected chi connectivity index (χ0v) is 12.8. The second-order valence-corrected chi connectivity index (χ2v) is 5.83. The van der Waals surface area contributed by atoms with E-state index in [1.807, 2.05) is 24.3 Å². The van der Waals surface area contributed by atoms with Gasteiger partial charge in [-0.25, -0.2) is 5.48 Å². The zero-order valence-electron chi connectivity index (χ0n) is 12.8. The number of nitrogens with one attached hydrogen (secondary N) is 1. The van der Waals surface area contributed by atoms with Crippen molar-refractivity contribution in [3.63, 3.8) is 0 Å². The summed E-state index contributed by atoms with van der Waals surface area (Å²) in [4.78, 5) is 13.6. The lowest BCUT2D eigenvalue weighted by atomic mass is 10.1. The van der Waals surface area contributed by atoms with E-state index in [1.165, 1.54) is 5.56 Å². The first-order chi connectivity index (χ1) is 11.2. The third-order valence-corrected chi connectivity index (χ3v) is 4.22. The van der Waals surface area contributed by atoms with Crippen molar-refractivity contribution in [2.75, 3.05) is 11.4 Å². The third kappa shape index (κ3) is 3.46. The summed E-state index contributed by atoms with van der Waals surface area (Å²) in [5, 5.41) is 18.4. The molecule has 0 saturated heterocycles. The number of aromatic hydroxyl groups is 1. The molecule has 5 heteroatoms. The van der Waals surface area contributed by atoms with Crippen LogP contribution >= 0.6 is 0 Å². The van der Waals surface area contributed by atoms with Gasteiger partial charge in [-0.3, -0.25) is 10.0 Å². The molecule has 0 fully saturated rings. The van der Waals surface area contributed by atoms with Crippen molar-refractivity contribution in [3.8, 4) is 5.75 Å². The molecule has 1 heterocycles. The van der Waals surface area contributed by atoms with Crippen LogP contribution in [0.15, 0.2) is 42.5 Å². The molecule has 0 unspecified atom stereocenters. The molecule has 0 atom stereocenters. The molecule has 1 aliphatic heterocycles. The lowest BCUT2D eigenvalue weighted by Gasteiger charge is -2.25. The van der Waals surface area contributed by atoms with E-state index in [2.05, 4.69) is 4.90 Å². The van der Waals surface area contributed by atoms with Gasteiger partial charge in [-0.15, -0.1) is 0 Å². The fourth-order valence-electron chi connectivity index (χ4n) is 3.01. The van der Waals surface area contributed by atoms with E-state index in [-0.39, 0.29) is 5.75 Å². The molecule has 0 aliphatic carbocycles. The number of phenols is 1. The summed E-state index contributed by atoms with van der Waals surface area (Å²) in [5.41, 5.74) is 5.48. The number of anilines is 1. The maximum atomic E-state index is 11.4. The SMILES string of the molecule is O=C(NO)c1ccc(CN2CCCCc3ccc(O)cc32)cc1.